The fraction of sp³-hybridized carbons (Fsp3) is 0.381. The quantitative estimate of drug-likeness (QED) is 0.514. The minimum atomic E-state index is -0.811. The molecule has 12 heteroatoms. The fourth-order valence-corrected chi connectivity index (χ4v) is 3.71. The molecule has 4 rings (SSSR count). The summed E-state index contributed by atoms with van der Waals surface area (Å²) >= 11 is 0. The summed E-state index contributed by atoms with van der Waals surface area (Å²) in [6.07, 6.45) is 12.3. The minimum Gasteiger partial charge on any atom is -0.389 e. The summed E-state index contributed by atoms with van der Waals surface area (Å²) in [4.78, 5) is 41.8. The van der Waals surface area contributed by atoms with Crippen molar-refractivity contribution in [2.24, 2.45) is 7.05 Å². The monoisotopic (exact) mass is 451 g/mol. The van der Waals surface area contributed by atoms with E-state index in [1.165, 1.54) is 30.7 Å². The lowest BCUT2D eigenvalue weighted by atomic mass is 9.89. The van der Waals surface area contributed by atoms with Crippen molar-refractivity contribution in [1.29, 1.82) is 0 Å². The van der Waals surface area contributed by atoms with Crippen LogP contribution in [0, 0.1) is 0 Å². The van der Waals surface area contributed by atoms with Gasteiger partial charge in [-0.3, -0.25) is 14.8 Å². The molecule has 3 aromatic heterocycles. The lowest BCUT2D eigenvalue weighted by Crippen LogP contribution is -2.23. The van der Waals surface area contributed by atoms with Crippen LogP contribution < -0.4 is 20.7 Å². The second-order valence-electron chi connectivity index (χ2n) is 7.69. The van der Waals surface area contributed by atoms with E-state index in [0.29, 0.717) is 17.2 Å². The second-order valence-corrected chi connectivity index (χ2v) is 7.69. The van der Waals surface area contributed by atoms with Crippen molar-refractivity contribution in [2.75, 3.05) is 17.7 Å². The minimum absolute atomic E-state index is 0.0670. The highest BCUT2D eigenvalue weighted by molar-refractivity contribution is 6.01. The van der Waals surface area contributed by atoms with Crippen LogP contribution in [0.15, 0.2) is 31.1 Å². The van der Waals surface area contributed by atoms with Crippen molar-refractivity contribution in [3.05, 3.63) is 42.6 Å². The summed E-state index contributed by atoms with van der Waals surface area (Å²) in [7, 11) is 3.13. The van der Waals surface area contributed by atoms with Crippen LogP contribution in [-0.4, -0.2) is 48.8 Å². The summed E-state index contributed by atoms with van der Waals surface area (Å²) in [6, 6.07) is 0. The predicted molar refractivity (Wildman–Crippen MR) is 119 cm³/mol. The van der Waals surface area contributed by atoms with Crippen molar-refractivity contribution in [3.8, 4) is 5.88 Å². The number of aryl methyl sites for hydroxylation is 1. The van der Waals surface area contributed by atoms with E-state index in [9.17, 15) is 9.59 Å². The molecule has 0 aliphatic heterocycles. The van der Waals surface area contributed by atoms with Crippen molar-refractivity contribution in [2.45, 2.75) is 38.0 Å². The fourth-order valence-electron chi connectivity index (χ4n) is 3.71. The molecule has 1 saturated carbocycles. The lowest BCUT2D eigenvalue weighted by Gasteiger charge is -2.21. The van der Waals surface area contributed by atoms with Crippen LogP contribution in [0.1, 0.15) is 54.3 Å². The van der Waals surface area contributed by atoms with Crippen LogP contribution in [-0.2, 0) is 7.05 Å². The summed E-state index contributed by atoms with van der Waals surface area (Å²) in [5, 5.41) is 12.2. The van der Waals surface area contributed by atoms with Gasteiger partial charge in [0, 0.05) is 26.2 Å². The molecule has 0 atom stereocenters. The summed E-state index contributed by atoms with van der Waals surface area (Å²) in [5.41, 5.74) is 1.26. The number of amides is 2. The molecule has 172 valence electrons. The van der Waals surface area contributed by atoms with Crippen LogP contribution in [0.4, 0.5) is 21.9 Å². The second kappa shape index (κ2) is 10.0. The van der Waals surface area contributed by atoms with E-state index in [0.717, 1.165) is 25.7 Å². The normalized spacial score (nSPS) is 13.9. The SMILES string of the molecule is CNC(=O)c1nn(C)cc1NC(=O)Oc1nc(C2CCCCC2)ncc1Nc1cncnc1. The third-order valence-electron chi connectivity index (χ3n) is 5.28. The molecule has 0 saturated heterocycles. The first-order valence-electron chi connectivity index (χ1n) is 10.7. The lowest BCUT2D eigenvalue weighted by molar-refractivity contribution is 0.0958. The Morgan fingerprint density at radius 3 is 2.58 bits per heavy atom. The highest BCUT2D eigenvalue weighted by atomic mass is 16.6. The topological polar surface area (TPSA) is 149 Å². The van der Waals surface area contributed by atoms with Gasteiger partial charge in [0.25, 0.3) is 11.8 Å². The van der Waals surface area contributed by atoms with Gasteiger partial charge in [-0.15, -0.1) is 0 Å². The molecule has 3 heterocycles. The molecule has 1 fully saturated rings. The van der Waals surface area contributed by atoms with Gasteiger partial charge in [-0.05, 0) is 12.8 Å². The van der Waals surface area contributed by atoms with Gasteiger partial charge in [0.15, 0.2) is 5.69 Å². The number of aromatic nitrogens is 6. The standard InChI is InChI=1S/C21H25N9O3/c1-22-19(31)17-16(11-30(2)29-17)27-21(32)33-20-15(26-14-8-23-12-24-9-14)10-25-18(28-20)13-6-4-3-5-7-13/h8-13,26H,3-7H2,1-2H3,(H,22,31)(H,27,32). The van der Waals surface area contributed by atoms with Gasteiger partial charge < -0.3 is 15.4 Å². The van der Waals surface area contributed by atoms with Crippen LogP contribution in [0.3, 0.4) is 0 Å². The zero-order valence-electron chi connectivity index (χ0n) is 18.4. The molecule has 0 aromatic carbocycles. The first kappa shape index (κ1) is 22.1. The van der Waals surface area contributed by atoms with Crippen molar-refractivity contribution < 1.29 is 14.3 Å². The molecule has 1 aliphatic carbocycles. The Hall–Kier alpha value is -4.09. The van der Waals surface area contributed by atoms with E-state index < -0.39 is 12.0 Å². The van der Waals surface area contributed by atoms with Crippen LogP contribution in [0.5, 0.6) is 5.88 Å². The molecule has 0 radical (unpaired) electrons. The number of hydrogen-bond donors (Lipinski definition) is 3. The molecule has 12 nitrogen and oxygen atoms in total. The highest BCUT2D eigenvalue weighted by Gasteiger charge is 2.23. The smallest absolute Gasteiger partial charge is 0.389 e. The maximum Gasteiger partial charge on any atom is 0.418 e. The Morgan fingerprint density at radius 2 is 1.85 bits per heavy atom. The number of nitrogens with one attached hydrogen (secondary N) is 3. The number of carbonyl (C=O) groups is 2. The van der Waals surface area contributed by atoms with Gasteiger partial charge in [-0.2, -0.15) is 10.1 Å². The van der Waals surface area contributed by atoms with Gasteiger partial charge in [0.1, 0.15) is 17.8 Å². The van der Waals surface area contributed by atoms with Gasteiger partial charge >= 0.3 is 6.09 Å². The summed E-state index contributed by atoms with van der Waals surface area (Å²) < 4.78 is 6.98. The van der Waals surface area contributed by atoms with Crippen LogP contribution in [0.25, 0.3) is 0 Å². The average Bonchev–Trinajstić information content (AvgIpc) is 3.20. The largest absolute Gasteiger partial charge is 0.418 e. The maximum atomic E-state index is 12.7. The van der Waals surface area contributed by atoms with Gasteiger partial charge in [0.05, 0.1) is 30.0 Å². The first-order chi connectivity index (χ1) is 16.0. The van der Waals surface area contributed by atoms with E-state index in [2.05, 4.69) is 41.0 Å². The molecular weight excluding hydrogens is 426 g/mol. The highest BCUT2D eigenvalue weighted by Crippen LogP contribution is 2.33. The molecule has 0 unspecified atom stereocenters. The Balaban J connectivity index is 1.58. The van der Waals surface area contributed by atoms with Crippen molar-refractivity contribution >= 4 is 29.1 Å². The number of nitrogens with zero attached hydrogens (tertiary/aromatic N) is 6. The van der Waals surface area contributed by atoms with Crippen molar-refractivity contribution in [3.63, 3.8) is 0 Å². The number of rotatable bonds is 6. The molecule has 0 spiro atoms. The summed E-state index contributed by atoms with van der Waals surface area (Å²) in [5.74, 6) is 0.493. The van der Waals surface area contributed by atoms with E-state index in [-0.39, 0.29) is 23.2 Å². The molecule has 3 aromatic rings. The first-order valence-corrected chi connectivity index (χ1v) is 10.7. The van der Waals surface area contributed by atoms with Gasteiger partial charge in [-0.25, -0.2) is 19.7 Å². The molecule has 3 N–H and O–H groups in total. The molecule has 0 bridgehead atoms. The molecule has 1 aliphatic rings. The third kappa shape index (κ3) is 5.40. The molecular formula is C21H25N9O3. The maximum absolute atomic E-state index is 12.7. The Morgan fingerprint density at radius 1 is 1.09 bits per heavy atom. The molecule has 2 amide bonds. The predicted octanol–water partition coefficient (Wildman–Crippen LogP) is 2.76. The third-order valence-corrected chi connectivity index (χ3v) is 5.28. The van der Waals surface area contributed by atoms with Gasteiger partial charge in [0.2, 0.25) is 0 Å². The zero-order chi connectivity index (χ0) is 23.2. The van der Waals surface area contributed by atoms with E-state index >= 15 is 0 Å². The number of carbonyl (C=O) groups excluding carboxylic acids is 2. The Labute approximate surface area is 190 Å². The van der Waals surface area contributed by atoms with Crippen LogP contribution in [0.2, 0.25) is 0 Å². The Kier molecular flexibility index (Phi) is 6.72. The Bertz CT molecular complexity index is 1130. The number of ether oxygens (including phenoxy) is 1. The van der Waals surface area contributed by atoms with Gasteiger partial charge in [-0.1, -0.05) is 19.3 Å². The number of anilines is 3. The number of hydrogen-bond acceptors (Lipinski definition) is 9. The summed E-state index contributed by atoms with van der Waals surface area (Å²) in [6.45, 7) is 0. The van der Waals surface area contributed by atoms with Crippen LogP contribution >= 0.6 is 0 Å². The van der Waals surface area contributed by atoms with Crippen molar-refractivity contribution in [1.82, 2.24) is 35.0 Å². The van der Waals surface area contributed by atoms with E-state index in [1.807, 2.05) is 0 Å². The van der Waals surface area contributed by atoms with E-state index in [4.69, 9.17) is 4.74 Å². The zero-order valence-corrected chi connectivity index (χ0v) is 18.4. The molecule has 33 heavy (non-hydrogen) atoms. The average molecular weight is 451 g/mol. The van der Waals surface area contributed by atoms with E-state index in [1.54, 1.807) is 25.6 Å².